The van der Waals surface area contributed by atoms with Gasteiger partial charge in [0, 0.05) is 38.1 Å². The van der Waals surface area contributed by atoms with Gasteiger partial charge in [0.2, 0.25) is 5.91 Å². The molecule has 1 saturated heterocycles. The van der Waals surface area contributed by atoms with Crippen LogP contribution in [0.5, 0.6) is 0 Å². The van der Waals surface area contributed by atoms with E-state index in [1.165, 1.54) is 0 Å². The molecule has 1 aliphatic rings. The van der Waals surface area contributed by atoms with Gasteiger partial charge < -0.3 is 15.0 Å². The molecule has 2 amide bonds. The van der Waals surface area contributed by atoms with Crippen LogP contribution in [0.15, 0.2) is 47.4 Å². The molecule has 8 nitrogen and oxygen atoms in total. The van der Waals surface area contributed by atoms with Crippen LogP contribution >= 0.6 is 0 Å². The van der Waals surface area contributed by atoms with Gasteiger partial charge in [-0.3, -0.25) is 14.3 Å². The number of ether oxygens (including phenoxy) is 1. The van der Waals surface area contributed by atoms with Gasteiger partial charge in [-0.2, -0.15) is 0 Å². The quantitative estimate of drug-likeness (QED) is 0.545. The summed E-state index contributed by atoms with van der Waals surface area (Å²) in [5, 5.41) is 2.86. The van der Waals surface area contributed by atoms with Gasteiger partial charge in [0.1, 0.15) is 6.04 Å². The Labute approximate surface area is 195 Å². The van der Waals surface area contributed by atoms with Crippen LogP contribution < -0.4 is 10.0 Å². The number of carbonyl (C=O) groups excluding carboxylic acids is 2. The van der Waals surface area contributed by atoms with E-state index in [4.69, 9.17) is 4.74 Å². The number of sulfonamides is 1. The Morgan fingerprint density at radius 2 is 1.85 bits per heavy atom. The highest BCUT2D eigenvalue weighted by atomic mass is 32.2. The molecule has 1 aliphatic heterocycles. The predicted molar refractivity (Wildman–Crippen MR) is 127 cm³/mol. The van der Waals surface area contributed by atoms with Crippen molar-refractivity contribution in [1.29, 1.82) is 0 Å². The first-order chi connectivity index (χ1) is 15.7. The molecule has 3 rings (SSSR count). The fourth-order valence-corrected chi connectivity index (χ4v) is 5.27. The predicted octanol–water partition coefficient (Wildman–Crippen LogP) is 2.86. The zero-order valence-electron chi connectivity index (χ0n) is 19.3. The summed E-state index contributed by atoms with van der Waals surface area (Å²) in [5.41, 5.74) is 2.41. The van der Waals surface area contributed by atoms with Crippen LogP contribution in [-0.4, -0.2) is 58.0 Å². The summed E-state index contributed by atoms with van der Waals surface area (Å²) in [6.45, 7) is 5.23. The molecule has 1 atom stereocenters. The Morgan fingerprint density at radius 3 is 2.52 bits per heavy atom. The Balaban J connectivity index is 1.66. The fraction of sp³-hybridized carbons (Fsp3) is 0.417. The van der Waals surface area contributed by atoms with Crippen molar-refractivity contribution in [3.63, 3.8) is 0 Å². The van der Waals surface area contributed by atoms with Gasteiger partial charge in [0.05, 0.1) is 4.90 Å². The van der Waals surface area contributed by atoms with Crippen molar-refractivity contribution in [3.8, 4) is 0 Å². The summed E-state index contributed by atoms with van der Waals surface area (Å²) in [6.07, 6.45) is 2.09. The van der Waals surface area contributed by atoms with Gasteiger partial charge in [-0.15, -0.1) is 0 Å². The molecule has 0 aliphatic carbocycles. The lowest BCUT2D eigenvalue weighted by Crippen LogP contribution is -2.46. The lowest BCUT2D eigenvalue weighted by Gasteiger charge is -2.24. The summed E-state index contributed by atoms with van der Waals surface area (Å²) in [6, 6.07) is 10.9. The van der Waals surface area contributed by atoms with E-state index < -0.39 is 16.1 Å². The average molecular weight is 474 g/mol. The lowest BCUT2D eigenvalue weighted by molar-refractivity contribution is -0.124. The van der Waals surface area contributed by atoms with Gasteiger partial charge in [0.15, 0.2) is 0 Å². The normalized spacial score (nSPS) is 16.0. The van der Waals surface area contributed by atoms with Gasteiger partial charge in [-0.25, -0.2) is 8.42 Å². The van der Waals surface area contributed by atoms with E-state index in [9.17, 15) is 18.0 Å². The molecule has 2 aromatic rings. The summed E-state index contributed by atoms with van der Waals surface area (Å²) < 4.78 is 33.1. The Hall–Kier alpha value is -2.91. The number of rotatable bonds is 9. The molecule has 2 aromatic carbocycles. The van der Waals surface area contributed by atoms with Crippen molar-refractivity contribution in [3.05, 3.63) is 59.2 Å². The maximum atomic E-state index is 13.0. The largest absolute Gasteiger partial charge is 0.385 e. The number of methoxy groups -OCH3 is 1. The maximum absolute atomic E-state index is 13.0. The number of nitrogens with one attached hydrogen (secondary N) is 2. The first-order valence-electron chi connectivity index (χ1n) is 11.0. The minimum Gasteiger partial charge on any atom is -0.385 e. The second-order valence-corrected chi connectivity index (χ2v) is 9.90. The van der Waals surface area contributed by atoms with Crippen LogP contribution in [0.3, 0.4) is 0 Å². The minimum atomic E-state index is -3.75. The number of aryl methyl sites for hydroxylation is 2. The molecule has 0 bridgehead atoms. The highest BCUT2D eigenvalue weighted by molar-refractivity contribution is 7.92. The first kappa shape index (κ1) is 24.7. The van der Waals surface area contributed by atoms with E-state index in [2.05, 4.69) is 10.0 Å². The van der Waals surface area contributed by atoms with E-state index in [1.54, 1.807) is 55.3 Å². The summed E-state index contributed by atoms with van der Waals surface area (Å²) in [4.78, 5) is 27.3. The monoisotopic (exact) mass is 473 g/mol. The third-order valence-corrected chi connectivity index (χ3v) is 7.19. The van der Waals surface area contributed by atoms with Crippen molar-refractivity contribution in [1.82, 2.24) is 10.2 Å². The van der Waals surface area contributed by atoms with Crippen LogP contribution in [-0.2, 0) is 19.6 Å². The average Bonchev–Trinajstić information content (AvgIpc) is 3.26. The molecule has 0 radical (unpaired) electrons. The second kappa shape index (κ2) is 10.8. The molecule has 33 heavy (non-hydrogen) atoms. The van der Waals surface area contributed by atoms with E-state index in [1.807, 2.05) is 13.0 Å². The third-order valence-electron chi connectivity index (χ3n) is 5.64. The molecule has 1 heterocycles. The standard InChI is InChI=1S/C24H31N3O5S/c1-17-7-12-22(18(2)16-17)33(30,31)26-20-10-8-19(9-11-20)24(29)27-14-4-6-21(27)23(28)25-13-5-15-32-3/h7-12,16,21,26H,4-6,13-15H2,1-3H3,(H,25,28)/t21-/m0/s1. The van der Waals surface area contributed by atoms with Crippen LogP contribution in [0.1, 0.15) is 40.7 Å². The van der Waals surface area contributed by atoms with Crippen LogP contribution in [0.2, 0.25) is 0 Å². The van der Waals surface area contributed by atoms with Crippen molar-refractivity contribution in [2.24, 2.45) is 0 Å². The van der Waals surface area contributed by atoms with E-state index >= 15 is 0 Å². The van der Waals surface area contributed by atoms with E-state index in [0.717, 1.165) is 12.0 Å². The topological polar surface area (TPSA) is 105 Å². The second-order valence-electron chi connectivity index (χ2n) is 8.25. The minimum absolute atomic E-state index is 0.158. The van der Waals surface area contributed by atoms with Gasteiger partial charge in [-0.1, -0.05) is 17.7 Å². The van der Waals surface area contributed by atoms with Crippen molar-refractivity contribution < 1.29 is 22.7 Å². The first-order valence-corrected chi connectivity index (χ1v) is 12.5. The Kier molecular flexibility index (Phi) is 8.10. The lowest BCUT2D eigenvalue weighted by atomic mass is 10.1. The molecule has 178 valence electrons. The van der Waals surface area contributed by atoms with Crippen molar-refractivity contribution in [2.75, 3.05) is 31.5 Å². The number of nitrogens with zero attached hydrogens (tertiary/aromatic N) is 1. The molecular formula is C24H31N3O5S. The molecule has 9 heteroatoms. The number of benzene rings is 2. The highest BCUT2D eigenvalue weighted by Gasteiger charge is 2.34. The van der Waals surface area contributed by atoms with E-state index in [-0.39, 0.29) is 16.7 Å². The number of hydrogen-bond acceptors (Lipinski definition) is 5. The van der Waals surface area contributed by atoms with Crippen LogP contribution in [0.4, 0.5) is 5.69 Å². The summed E-state index contributed by atoms with van der Waals surface area (Å²) in [7, 11) is -2.14. The fourth-order valence-electron chi connectivity index (χ4n) is 3.99. The van der Waals surface area contributed by atoms with Gasteiger partial charge in [-0.05, 0) is 69.0 Å². The number of anilines is 1. The smallest absolute Gasteiger partial charge is 0.262 e. The Bertz CT molecular complexity index is 1100. The van der Waals surface area contributed by atoms with Crippen molar-refractivity contribution >= 4 is 27.5 Å². The zero-order valence-corrected chi connectivity index (χ0v) is 20.1. The van der Waals surface area contributed by atoms with Crippen LogP contribution in [0, 0.1) is 13.8 Å². The molecule has 0 spiro atoms. The van der Waals surface area contributed by atoms with Gasteiger partial charge >= 0.3 is 0 Å². The SMILES string of the molecule is COCCCNC(=O)[C@@H]1CCCN1C(=O)c1ccc(NS(=O)(=O)c2ccc(C)cc2C)cc1. The number of carbonyl (C=O) groups is 2. The number of amides is 2. The maximum Gasteiger partial charge on any atom is 0.262 e. The summed E-state index contributed by atoms with van der Waals surface area (Å²) >= 11 is 0. The molecule has 0 saturated carbocycles. The number of hydrogen-bond donors (Lipinski definition) is 2. The van der Waals surface area contributed by atoms with Crippen LogP contribution in [0.25, 0.3) is 0 Å². The van der Waals surface area contributed by atoms with Gasteiger partial charge in [0.25, 0.3) is 15.9 Å². The number of likely N-dealkylation sites (tertiary alicyclic amines) is 1. The zero-order chi connectivity index (χ0) is 24.0. The highest BCUT2D eigenvalue weighted by Crippen LogP contribution is 2.23. The van der Waals surface area contributed by atoms with Crippen molar-refractivity contribution in [2.45, 2.75) is 44.0 Å². The summed E-state index contributed by atoms with van der Waals surface area (Å²) in [5.74, 6) is -0.400. The molecule has 0 aromatic heterocycles. The molecule has 2 N–H and O–H groups in total. The molecular weight excluding hydrogens is 442 g/mol. The molecule has 0 unspecified atom stereocenters. The van der Waals surface area contributed by atoms with E-state index in [0.29, 0.717) is 49.4 Å². The Morgan fingerprint density at radius 1 is 1.12 bits per heavy atom. The molecule has 1 fully saturated rings. The third kappa shape index (κ3) is 6.11.